The van der Waals surface area contributed by atoms with Crippen molar-refractivity contribution in [2.24, 2.45) is 0 Å². The molecule has 25 heavy (non-hydrogen) atoms. The smallest absolute Gasteiger partial charge is 0.303 e. The van der Waals surface area contributed by atoms with E-state index < -0.39 is 5.97 Å². The van der Waals surface area contributed by atoms with Crippen LogP contribution in [0.3, 0.4) is 0 Å². The predicted molar refractivity (Wildman–Crippen MR) is 98.6 cm³/mol. The van der Waals surface area contributed by atoms with Crippen LogP contribution in [0.4, 0.5) is 17.6 Å². The molecule has 0 fully saturated rings. The van der Waals surface area contributed by atoms with Crippen LogP contribution in [0.5, 0.6) is 0 Å². The molecular weight excluding hydrogens is 342 g/mol. The van der Waals surface area contributed by atoms with E-state index in [-0.39, 0.29) is 11.7 Å². The number of unbranched alkanes of at least 4 members (excludes halogenated alkanes) is 1. The van der Waals surface area contributed by atoms with E-state index in [9.17, 15) is 4.79 Å². The Balaban J connectivity index is 2.24. The number of aromatic nitrogens is 3. The average molecular weight is 364 g/mol. The van der Waals surface area contributed by atoms with Gasteiger partial charge in [0.25, 0.3) is 0 Å². The number of nitrogens with one attached hydrogen (secondary N) is 1. The Bertz CT molecular complexity index is 684. The SMILES string of the molecule is CCCCNc1nc(Cl)nc(N(CCCC(=O)O)c2ccccc2)n1. The second-order valence-electron chi connectivity index (χ2n) is 5.49. The van der Waals surface area contributed by atoms with E-state index in [2.05, 4.69) is 27.2 Å². The molecule has 0 aliphatic rings. The van der Waals surface area contributed by atoms with E-state index in [1.807, 2.05) is 35.2 Å². The fourth-order valence-electron chi connectivity index (χ4n) is 2.26. The summed E-state index contributed by atoms with van der Waals surface area (Å²) in [6, 6.07) is 9.56. The summed E-state index contributed by atoms with van der Waals surface area (Å²) in [6.45, 7) is 3.32. The van der Waals surface area contributed by atoms with Gasteiger partial charge in [-0.3, -0.25) is 4.79 Å². The van der Waals surface area contributed by atoms with Gasteiger partial charge in [0.15, 0.2) is 0 Å². The molecule has 0 spiro atoms. The molecule has 8 heteroatoms. The van der Waals surface area contributed by atoms with Gasteiger partial charge in [-0.05, 0) is 36.6 Å². The summed E-state index contributed by atoms with van der Waals surface area (Å²) in [5, 5.41) is 12.1. The first-order valence-electron chi connectivity index (χ1n) is 8.30. The Morgan fingerprint density at radius 2 is 1.96 bits per heavy atom. The van der Waals surface area contributed by atoms with Gasteiger partial charge in [0, 0.05) is 25.2 Å². The first-order chi connectivity index (χ1) is 12.1. The van der Waals surface area contributed by atoms with Crippen molar-refractivity contribution in [3.05, 3.63) is 35.6 Å². The molecule has 2 aromatic rings. The minimum Gasteiger partial charge on any atom is -0.481 e. The zero-order valence-electron chi connectivity index (χ0n) is 14.2. The number of para-hydroxylation sites is 1. The third-order valence-electron chi connectivity index (χ3n) is 3.49. The number of carbonyl (C=O) groups is 1. The minimum absolute atomic E-state index is 0.0732. The van der Waals surface area contributed by atoms with E-state index in [1.54, 1.807) is 0 Å². The molecule has 134 valence electrons. The van der Waals surface area contributed by atoms with Crippen LogP contribution in [0.1, 0.15) is 32.6 Å². The number of hydrogen-bond acceptors (Lipinski definition) is 6. The van der Waals surface area contributed by atoms with Gasteiger partial charge in [0.1, 0.15) is 0 Å². The standard InChI is InChI=1S/C17H22ClN5O2/c1-2-3-11-19-16-20-15(18)21-17(22-16)23(12-7-10-14(24)25)13-8-5-4-6-9-13/h4-6,8-9H,2-3,7,10-12H2,1H3,(H,24,25)(H,19,20,21,22). The molecule has 0 amide bonds. The van der Waals surface area contributed by atoms with Crippen LogP contribution in [0.15, 0.2) is 30.3 Å². The summed E-state index contributed by atoms with van der Waals surface area (Å²) in [4.78, 5) is 25.4. The molecule has 0 radical (unpaired) electrons. The van der Waals surface area contributed by atoms with Gasteiger partial charge in [0.05, 0.1) is 0 Å². The van der Waals surface area contributed by atoms with E-state index >= 15 is 0 Å². The molecule has 2 rings (SSSR count). The molecule has 2 N–H and O–H groups in total. The number of carboxylic acid groups (broad SMARTS) is 1. The number of nitrogens with zero attached hydrogens (tertiary/aromatic N) is 4. The lowest BCUT2D eigenvalue weighted by Gasteiger charge is -2.23. The topological polar surface area (TPSA) is 91.2 Å². The molecule has 1 aromatic heterocycles. The number of benzene rings is 1. The van der Waals surface area contributed by atoms with Crippen LogP contribution in [-0.4, -0.2) is 39.1 Å². The quantitative estimate of drug-likeness (QED) is 0.621. The third kappa shape index (κ3) is 6.19. The number of anilines is 3. The van der Waals surface area contributed by atoms with Crippen LogP contribution >= 0.6 is 11.6 Å². The van der Waals surface area contributed by atoms with Gasteiger partial charge in [-0.15, -0.1) is 0 Å². The van der Waals surface area contributed by atoms with Crippen molar-refractivity contribution >= 4 is 35.2 Å². The van der Waals surface area contributed by atoms with Crippen molar-refractivity contribution in [3.63, 3.8) is 0 Å². The molecule has 0 atom stereocenters. The maximum atomic E-state index is 10.8. The van der Waals surface area contributed by atoms with Crippen molar-refractivity contribution in [1.29, 1.82) is 0 Å². The number of halogens is 1. The fraction of sp³-hybridized carbons (Fsp3) is 0.412. The summed E-state index contributed by atoms with van der Waals surface area (Å²) in [5.74, 6) is -0.0122. The lowest BCUT2D eigenvalue weighted by atomic mass is 10.2. The second kappa shape index (κ2) is 9.78. The number of carboxylic acids is 1. The monoisotopic (exact) mass is 363 g/mol. The molecule has 0 unspecified atom stereocenters. The highest BCUT2D eigenvalue weighted by atomic mass is 35.5. The van der Waals surface area contributed by atoms with Gasteiger partial charge in [-0.2, -0.15) is 15.0 Å². The molecule has 7 nitrogen and oxygen atoms in total. The van der Waals surface area contributed by atoms with Gasteiger partial charge < -0.3 is 15.3 Å². The van der Waals surface area contributed by atoms with Crippen molar-refractivity contribution in [2.75, 3.05) is 23.3 Å². The first-order valence-corrected chi connectivity index (χ1v) is 8.67. The Labute approximate surface area is 152 Å². The fourth-order valence-corrected chi connectivity index (χ4v) is 2.41. The summed E-state index contributed by atoms with van der Waals surface area (Å²) >= 11 is 6.06. The molecular formula is C17H22ClN5O2. The van der Waals surface area contributed by atoms with Crippen LogP contribution in [-0.2, 0) is 4.79 Å². The summed E-state index contributed by atoms with van der Waals surface area (Å²) in [7, 11) is 0. The Morgan fingerprint density at radius 3 is 2.64 bits per heavy atom. The van der Waals surface area contributed by atoms with Crippen LogP contribution in [0, 0.1) is 0 Å². The maximum absolute atomic E-state index is 10.8. The highest BCUT2D eigenvalue weighted by molar-refractivity contribution is 6.28. The van der Waals surface area contributed by atoms with Gasteiger partial charge in [-0.1, -0.05) is 31.5 Å². The highest BCUT2D eigenvalue weighted by Crippen LogP contribution is 2.24. The lowest BCUT2D eigenvalue weighted by molar-refractivity contribution is -0.137. The van der Waals surface area contributed by atoms with Crippen molar-refractivity contribution < 1.29 is 9.90 Å². The van der Waals surface area contributed by atoms with E-state index in [4.69, 9.17) is 16.7 Å². The zero-order valence-corrected chi connectivity index (χ0v) is 14.9. The van der Waals surface area contributed by atoms with Gasteiger partial charge in [-0.25, -0.2) is 0 Å². The molecule has 0 saturated carbocycles. The number of hydrogen-bond donors (Lipinski definition) is 2. The van der Waals surface area contributed by atoms with E-state index in [0.717, 1.165) is 25.1 Å². The normalized spacial score (nSPS) is 10.5. The van der Waals surface area contributed by atoms with Crippen LogP contribution < -0.4 is 10.2 Å². The Hall–Kier alpha value is -2.41. The minimum atomic E-state index is -0.830. The Kier molecular flexibility index (Phi) is 7.40. The highest BCUT2D eigenvalue weighted by Gasteiger charge is 2.15. The molecule has 0 bridgehead atoms. The molecule has 1 aromatic carbocycles. The van der Waals surface area contributed by atoms with Crippen LogP contribution in [0.25, 0.3) is 0 Å². The largest absolute Gasteiger partial charge is 0.481 e. The molecule has 1 heterocycles. The molecule has 0 saturated heterocycles. The molecule has 0 aliphatic heterocycles. The third-order valence-corrected chi connectivity index (χ3v) is 3.66. The summed E-state index contributed by atoms with van der Waals surface area (Å²) < 4.78 is 0. The molecule has 0 aliphatic carbocycles. The predicted octanol–water partition coefficient (Wildman–Crippen LogP) is 3.74. The Morgan fingerprint density at radius 1 is 1.20 bits per heavy atom. The van der Waals surface area contributed by atoms with E-state index in [1.165, 1.54) is 0 Å². The van der Waals surface area contributed by atoms with Crippen molar-refractivity contribution in [1.82, 2.24) is 15.0 Å². The van der Waals surface area contributed by atoms with E-state index in [0.29, 0.717) is 24.9 Å². The van der Waals surface area contributed by atoms with Gasteiger partial charge in [0.2, 0.25) is 17.2 Å². The summed E-state index contributed by atoms with van der Waals surface area (Å²) in [6.07, 6.45) is 2.60. The van der Waals surface area contributed by atoms with Crippen molar-refractivity contribution in [3.8, 4) is 0 Å². The van der Waals surface area contributed by atoms with Crippen LogP contribution in [0.2, 0.25) is 5.28 Å². The average Bonchev–Trinajstić information content (AvgIpc) is 2.59. The number of rotatable bonds is 10. The maximum Gasteiger partial charge on any atom is 0.303 e. The first kappa shape index (κ1) is 18.9. The second-order valence-corrected chi connectivity index (χ2v) is 5.83. The zero-order chi connectivity index (χ0) is 18.1. The van der Waals surface area contributed by atoms with Gasteiger partial charge >= 0.3 is 5.97 Å². The van der Waals surface area contributed by atoms with Crippen molar-refractivity contribution in [2.45, 2.75) is 32.6 Å². The lowest BCUT2D eigenvalue weighted by Crippen LogP contribution is -2.22. The number of aliphatic carboxylic acids is 1. The summed E-state index contributed by atoms with van der Waals surface area (Å²) in [5.41, 5.74) is 0.870.